The maximum Gasteiger partial charge on any atom is 0.253 e. The fourth-order valence-corrected chi connectivity index (χ4v) is 4.00. The molecule has 2 N–H and O–H groups in total. The molecule has 1 aromatic heterocycles. The van der Waals surface area contributed by atoms with Gasteiger partial charge in [-0.3, -0.25) is 9.69 Å². The number of rotatable bonds is 7. The number of aromatic nitrogens is 1. The molecule has 0 aliphatic carbocycles. The van der Waals surface area contributed by atoms with Gasteiger partial charge in [0.15, 0.2) is 0 Å². The van der Waals surface area contributed by atoms with Crippen LogP contribution in [0.4, 0.5) is 0 Å². The van der Waals surface area contributed by atoms with E-state index in [2.05, 4.69) is 26.9 Å². The van der Waals surface area contributed by atoms with Gasteiger partial charge in [-0.2, -0.15) is 0 Å². The van der Waals surface area contributed by atoms with Crippen molar-refractivity contribution in [1.82, 2.24) is 14.8 Å². The molecule has 6 nitrogen and oxygen atoms in total. The number of nitrogens with one attached hydrogen (secondary N) is 1. The molecule has 0 saturated carbocycles. The van der Waals surface area contributed by atoms with E-state index >= 15 is 0 Å². The molecule has 0 radical (unpaired) electrons. The molecular formula is C24H29N3O3. The molecule has 1 fully saturated rings. The van der Waals surface area contributed by atoms with Crippen molar-refractivity contribution in [3.63, 3.8) is 0 Å². The molecule has 1 amide bonds. The number of aliphatic hydroxyl groups is 1. The lowest BCUT2D eigenvalue weighted by Gasteiger charge is -2.33. The van der Waals surface area contributed by atoms with Crippen molar-refractivity contribution in [3.05, 3.63) is 71.9 Å². The predicted molar refractivity (Wildman–Crippen MR) is 118 cm³/mol. The van der Waals surface area contributed by atoms with E-state index in [-0.39, 0.29) is 12.5 Å². The largest absolute Gasteiger partial charge is 0.387 e. The number of hydrogen-bond acceptors (Lipinski definition) is 4. The average molecular weight is 408 g/mol. The lowest BCUT2D eigenvalue weighted by atomic mass is 10.1. The lowest BCUT2D eigenvalue weighted by Crippen LogP contribution is -2.51. The molecule has 0 unspecified atom stereocenters. The van der Waals surface area contributed by atoms with Gasteiger partial charge in [0, 0.05) is 49.8 Å². The maximum absolute atomic E-state index is 13.0. The van der Waals surface area contributed by atoms with Gasteiger partial charge in [0.2, 0.25) is 0 Å². The second kappa shape index (κ2) is 9.00. The number of benzene rings is 2. The first-order chi connectivity index (χ1) is 14.5. The zero-order valence-electron chi connectivity index (χ0n) is 17.4. The van der Waals surface area contributed by atoms with E-state index < -0.39 is 5.60 Å². The molecule has 1 aliphatic heterocycles. The van der Waals surface area contributed by atoms with Gasteiger partial charge in [0.1, 0.15) is 0 Å². The summed E-state index contributed by atoms with van der Waals surface area (Å²) in [6.45, 7) is 6.14. The summed E-state index contributed by atoms with van der Waals surface area (Å²) in [6, 6.07) is 18.1. The van der Waals surface area contributed by atoms with Crippen LogP contribution in [0.15, 0.2) is 60.8 Å². The number of carbonyl (C=O) groups excluding carboxylic acids is 1. The molecule has 1 atom stereocenters. The van der Waals surface area contributed by atoms with Crippen molar-refractivity contribution in [2.24, 2.45) is 0 Å². The molecule has 1 aliphatic rings. The number of fused-ring (bicyclic) bond motifs is 1. The number of carbonyl (C=O) groups is 1. The third-order valence-corrected chi connectivity index (χ3v) is 5.53. The van der Waals surface area contributed by atoms with Crippen LogP contribution in [0.25, 0.3) is 10.9 Å². The Morgan fingerprint density at radius 3 is 2.57 bits per heavy atom. The number of β-amino-alcohol motifs (C(OH)–C–C–N with tert-alkyl or cyclic N) is 1. The van der Waals surface area contributed by atoms with Gasteiger partial charge in [-0.1, -0.05) is 48.5 Å². The Bertz CT molecular complexity index is 991. The van der Waals surface area contributed by atoms with Crippen LogP contribution >= 0.6 is 0 Å². The molecule has 0 spiro atoms. The van der Waals surface area contributed by atoms with Crippen molar-refractivity contribution < 1.29 is 14.6 Å². The van der Waals surface area contributed by atoms with Crippen molar-refractivity contribution in [2.75, 3.05) is 39.4 Å². The Morgan fingerprint density at radius 2 is 1.80 bits per heavy atom. The third kappa shape index (κ3) is 4.90. The highest BCUT2D eigenvalue weighted by Gasteiger charge is 2.26. The molecule has 158 valence electrons. The summed E-state index contributed by atoms with van der Waals surface area (Å²) in [4.78, 5) is 15.2. The first kappa shape index (κ1) is 20.6. The van der Waals surface area contributed by atoms with E-state index in [1.54, 1.807) is 6.92 Å². The van der Waals surface area contributed by atoms with Crippen LogP contribution in [0.3, 0.4) is 0 Å². The second-order valence-corrected chi connectivity index (χ2v) is 8.24. The monoisotopic (exact) mass is 407 g/mol. The van der Waals surface area contributed by atoms with Crippen molar-refractivity contribution in [3.8, 4) is 0 Å². The SMILES string of the molecule is C[C@@](O)(CNC(=O)c1cn(Cc2ccccc2)c2ccccc12)CN1CCOCC1. The van der Waals surface area contributed by atoms with Crippen LogP contribution in [0, 0.1) is 0 Å². The summed E-state index contributed by atoms with van der Waals surface area (Å²) < 4.78 is 7.46. The topological polar surface area (TPSA) is 66.7 Å². The van der Waals surface area contributed by atoms with Crippen LogP contribution in [-0.2, 0) is 11.3 Å². The molecule has 3 aromatic rings. The molecule has 2 aromatic carbocycles. The smallest absolute Gasteiger partial charge is 0.253 e. The average Bonchev–Trinajstić information content (AvgIpc) is 3.12. The number of hydrogen-bond donors (Lipinski definition) is 2. The predicted octanol–water partition coefficient (Wildman–Crippen LogP) is 2.50. The standard InChI is InChI=1S/C24H29N3O3/c1-24(29,18-26-11-13-30-14-12-26)17-25-23(28)21-16-27(15-19-7-3-2-4-8-19)22-10-6-5-9-20(21)22/h2-10,16,29H,11-15,17-18H2,1H3,(H,25,28)/t24-/m1/s1. The summed E-state index contributed by atoms with van der Waals surface area (Å²) in [5.41, 5.74) is 1.82. The van der Waals surface area contributed by atoms with Crippen molar-refractivity contribution >= 4 is 16.8 Å². The quantitative estimate of drug-likeness (QED) is 0.632. The fraction of sp³-hybridized carbons (Fsp3) is 0.375. The Balaban J connectivity index is 1.47. The minimum atomic E-state index is -1.00. The van der Waals surface area contributed by atoms with E-state index in [1.165, 1.54) is 5.56 Å². The first-order valence-corrected chi connectivity index (χ1v) is 10.4. The van der Waals surface area contributed by atoms with Gasteiger partial charge < -0.3 is 19.7 Å². The molecule has 4 rings (SSSR count). The molecule has 6 heteroatoms. The summed E-state index contributed by atoms with van der Waals surface area (Å²) in [7, 11) is 0. The fourth-order valence-electron chi connectivity index (χ4n) is 4.00. The van der Waals surface area contributed by atoms with Gasteiger partial charge in [-0.05, 0) is 18.6 Å². The van der Waals surface area contributed by atoms with Crippen LogP contribution in [0.5, 0.6) is 0 Å². The molecule has 1 saturated heterocycles. The van der Waals surface area contributed by atoms with Crippen molar-refractivity contribution in [1.29, 1.82) is 0 Å². The normalized spacial score (nSPS) is 17.0. The van der Waals surface area contributed by atoms with E-state index in [1.807, 2.05) is 48.7 Å². The number of morpholine rings is 1. The van der Waals surface area contributed by atoms with Crippen LogP contribution in [0.1, 0.15) is 22.8 Å². The van der Waals surface area contributed by atoms with E-state index in [0.29, 0.717) is 31.9 Å². The second-order valence-electron chi connectivity index (χ2n) is 8.24. The Hall–Kier alpha value is -2.67. The molecule has 0 bridgehead atoms. The number of ether oxygens (including phenoxy) is 1. The summed E-state index contributed by atoms with van der Waals surface area (Å²) >= 11 is 0. The van der Waals surface area contributed by atoms with Crippen molar-refractivity contribution in [2.45, 2.75) is 19.1 Å². The third-order valence-electron chi connectivity index (χ3n) is 5.53. The number of nitrogens with zero attached hydrogens (tertiary/aromatic N) is 2. The zero-order valence-corrected chi connectivity index (χ0v) is 17.4. The lowest BCUT2D eigenvalue weighted by molar-refractivity contribution is -0.0213. The Morgan fingerprint density at radius 1 is 1.10 bits per heavy atom. The summed E-state index contributed by atoms with van der Waals surface area (Å²) in [5, 5.41) is 14.6. The highest BCUT2D eigenvalue weighted by molar-refractivity contribution is 6.07. The highest BCUT2D eigenvalue weighted by atomic mass is 16.5. The first-order valence-electron chi connectivity index (χ1n) is 10.4. The van der Waals surface area contributed by atoms with Crippen LogP contribution in [-0.4, -0.2) is 65.5 Å². The number of para-hydroxylation sites is 1. The van der Waals surface area contributed by atoms with Crippen LogP contribution in [0.2, 0.25) is 0 Å². The molecule has 30 heavy (non-hydrogen) atoms. The number of amides is 1. The van der Waals surface area contributed by atoms with E-state index in [0.717, 1.165) is 24.0 Å². The zero-order chi connectivity index (χ0) is 21.0. The maximum atomic E-state index is 13.0. The van der Waals surface area contributed by atoms with Gasteiger partial charge in [-0.15, -0.1) is 0 Å². The van der Waals surface area contributed by atoms with Gasteiger partial charge in [0.25, 0.3) is 5.91 Å². The highest BCUT2D eigenvalue weighted by Crippen LogP contribution is 2.22. The van der Waals surface area contributed by atoms with Gasteiger partial charge >= 0.3 is 0 Å². The molecule has 2 heterocycles. The minimum absolute atomic E-state index is 0.166. The van der Waals surface area contributed by atoms with Gasteiger partial charge in [0.05, 0.1) is 24.4 Å². The Kier molecular flexibility index (Phi) is 6.18. The summed E-state index contributed by atoms with van der Waals surface area (Å²) in [6.07, 6.45) is 1.91. The van der Waals surface area contributed by atoms with E-state index in [9.17, 15) is 9.90 Å². The molecular weight excluding hydrogens is 378 g/mol. The van der Waals surface area contributed by atoms with Crippen LogP contribution < -0.4 is 5.32 Å². The van der Waals surface area contributed by atoms with E-state index in [4.69, 9.17) is 4.74 Å². The van der Waals surface area contributed by atoms with Gasteiger partial charge in [-0.25, -0.2) is 0 Å². The minimum Gasteiger partial charge on any atom is -0.387 e. The summed E-state index contributed by atoms with van der Waals surface area (Å²) in [5.74, 6) is -0.166. The Labute approximate surface area is 177 Å².